The third kappa shape index (κ3) is 3.20. The average Bonchev–Trinajstić information content (AvgIpc) is 2.31. The van der Waals surface area contributed by atoms with Crippen LogP contribution in [0.15, 0.2) is 18.2 Å². The van der Waals surface area contributed by atoms with Crippen molar-refractivity contribution in [3.05, 3.63) is 29.3 Å². The number of ether oxygens (including phenoxy) is 1. The van der Waals surface area contributed by atoms with E-state index >= 15 is 0 Å². The van der Waals surface area contributed by atoms with Crippen LogP contribution in [-0.4, -0.2) is 30.5 Å². The maximum absolute atomic E-state index is 10.4. The fraction of sp³-hybridized carbons (Fsp3) is 0.571. The van der Waals surface area contributed by atoms with Crippen LogP contribution in [0.2, 0.25) is 0 Å². The molecule has 17 heavy (non-hydrogen) atoms. The van der Waals surface area contributed by atoms with E-state index in [0.29, 0.717) is 32.6 Å². The molecular weight excluding hydrogens is 214 g/mol. The number of aliphatic hydroxyl groups is 1. The molecule has 1 saturated heterocycles. The lowest BCUT2D eigenvalue weighted by Gasteiger charge is -2.32. The molecule has 0 spiro atoms. The van der Waals surface area contributed by atoms with Crippen molar-refractivity contribution >= 4 is 5.69 Å². The lowest BCUT2D eigenvalue weighted by Crippen LogP contribution is -2.42. The van der Waals surface area contributed by atoms with Crippen molar-refractivity contribution in [2.45, 2.75) is 32.3 Å². The van der Waals surface area contributed by atoms with Gasteiger partial charge in [-0.15, -0.1) is 0 Å². The van der Waals surface area contributed by atoms with Crippen molar-refractivity contribution < 1.29 is 9.84 Å². The Labute approximate surface area is 103 Å². The summed E-state index contributed by atoms with van der Waals surface area (Å²) in [6.45, 7) is 6.07. The molecule has 0 aromatic heterocycles. The second-order valence-electron chi connectivity index (χ2n) is 5.01. The monoisotopic (exact) mass is 235 g/mol. The predicted molar refractivity (Wildman–Crippen MR) is 69.4 cm³/mol. The van der Waals surface area contributed by atoms with Gasteiger partial charge in [-0.2, -0.15) is 0 Å². The summed E-state index contributed by atoms with van der Waals surface area (Å²) in [6, 6.07) is 6.33. The lowest BCUT2D eigenvalue weighted by atomic mass is 9.94. The minimum Gasteiger partial charge on any atom is -0.388 e. The van der Waals surface area contributed by atoms with Gasteiger partial charge in [0.1, 0.15) is 0 Å². The van der Waals surface area contributed by atoms with Gasteiger partial charge in [0.2, 0.25) is 0 Å². The fourth-order valence-corrected chi connectivity index (χ4v) is 2.11. The first-order chi connectivity index (χ1) is 8.09. The number of hydrogen-bond acceptors (Lipinski definition) is 3. The number of nitrogens with one attached hydrogen (secondary N) is 1. The van der Waals surface area contributed by atoms with Crippen LogP contribution in [0.1, 0.15) is 24.0 Å². The maximum Gasteiger partial charge on any atom is 0.0863 e. The largest absolute Gasteiger partial charge is 0.388 e. The molecule has 3 heteroatoms. The average molecular weight is 235 g/mol. The number of anilines is 1. The van der Waals surface area contributed by atoms with Gasteiger partial charge in [0.15, 0.2) is 0 Å². The van der Waals surface area contributed by atoms with E-state index in [-0.39, 0.29) is 0 Å². The molecule has 1 heterocycles. The molecule has 0 radical (unpaired) electrons. The van der Waals surface area contributed by atoms with Crippen LogP contribution in [-0.2, 0) is 4.74 Å². The van der Waals surface area contributed by atoms with Crippen molar-refractivity contribution in [1.82, 2.24) is 0 Å². The highest BCUT2D eigenvalue weighted by Gasteiger charge is 2.29. The van der Waals surface area contributed by atoms with Gasteiger partial charge in [-0.1, -0.05) is 12.1 Å². The molecule has 0 atom stereocenters. The molecule has 3 nitrogen and oxygen atoms in total. The van der Waals surface area contributed by atoms with Gasteiger partial charge in [-0.25, -0.2) is 0 Å². The Morgan fingerprint density at radius 2 is 2.00 bits per heavy atom. The fourth-order valence-electron chi connectivity index (χ4n) is 2.11. The molecule has 1 aromatic carbocycles. The second-order valence-corrected chi connectivity index (χ2v) is 5.01. The van der Waals surface area contributed by atoms with E-state index in [1.807, 2.05) is 0 Å². The number of aryl methyl sites for hydroxylation is 2. The molecule has 1 aliphatic rings. The molecule has 1 fully saturated rings. The Kier molecular flexibility index (Phi) is 3.69. The van der Waals surface area contributed by atoms with E-state index in [1.165, 1.54) is 11.1 Å². The van der Waals surface area contributed by atoms with Crippen LogP contribution < -0.4 is 5.32 Å². The summed E-state index contributed by atoms with van der Waals surface area (Å²) in [6.07, 6.45) is 1.43. The first-order valence-electron chi connectivity index (χ1n) is 6.20. The number of hydrogen-bond donors (Lipinski definition) is 2. The third-order valence-electron chi connectivity index (χ3n) is 3.42. The zero-order chi connectivity index (χ0) is 12.3. The summed E-state index contributed by atoms with van der Waals surface area (Å²) >= 11 is 0. The quantitative estimate of drug-likeness (QED) is 0.844. The molecule has 0 unspecified atom stereocenters. The first kappa shape index (κ1) is 12.4. The Morgan fingerprint density at radius 3 is 2.71 bits per heavy atom. The molecule has 94 valence electrons. The summed E-state index contributed by atoms with van der Waals surface area (Å²) in [7, 11) is 0. The summed E-state index contributed by atoms with van der Waals surface area (Å²) in [5, 5.41) is 13.7. The van der Waals surface area contributed by atoms with E-state index in [0.717, 1.165) is 5.69 Å². The highest BCUT2D eigenvalue weighted by atomic mass is 16.5. The molecular formula is C14H21NO2. The summed E-state index contributed by atoms with van der Waals surface area (Å²) in [5.74, 6) is 0. The van der Waals surface area contributed by atoms with Crippen LogP contribution in [0.25, 0.3) is 0 Å². The van der Waals surface area contributed by atoms with Gasteiger partial charge in [0.25, 0.3) is 0 Å². The summed E-state index contributed by atoms with van der Waals surface area (Å²) < 4.78 is 5.27. The van der Waals surface area contributed by atoms with Gasteiger partial charge >= 0.3 is 0 Å². The smallest absolute Gasteiger partial charge is 0.0863 e. The van der Waals surface area contributed by atoms with Crippen molar-refractivity contribution in [2.24, 2.45) is 0 Å². The SMILES string of the molecule is Cc1ccc(C)c(NCC2(O)CCOCC2)c1. The zero-order valence-electron chi connectivity index (χ0n) is 10.6. The Bertz CT molecular complexity index is 384. The van der Waals surface area contributed by atoms with Crippen LogP contribution in [0.4, 0.5) is 5.69 Å². The number of benzene rings is 1. The summed E-state index contributed by atoms with van der Waals surface area (Å²) in [4.78, 5) is 0. The Balaban J connectivity index is 1.99. The molecule has 2 rings (SSSR count). The van der Waals surface area contributed by atoms with Crippen molar-refractivity contribution in [3.8, 4) is 0 Å². The first-order valence-corrected chi connectivity index (χ1v) is 6.20. The lowest BCUT2D eigenvalue weighted by molar-refractivity contribution is -0.0543. The molecule has 1 aromatic rings. The van der Waals surface area contributed by atoms with Crippen molar-refractivity contribution in [1.29, 1.82) is 0 Å². The maximum atomic E-state index is 10.4. The van der Waals surface area contributed by atoms with Gasteiger partial charge in [-0.05, 0) is 31.0 Å². The van der Waals surface area contributed by atoms with Crippen LogP contribution in [0.3, 0.4) is 0 Å². The van der Waals surface area contributed by atoms with Gasteiger partial charge in [-0.3, -0.25) is 0 Å². The minimum atomic E-state index is -0.617. The Hall–Kier alpha value is -1.06. The standard InChI is InChI=1S/C14H21NO2/c1-11-3-4-12(2)13(9-11)15-10-14(16)5-7-17-8-6-14/h3-4,9,15-16H,5-8,10H2,1-2H3. The van der Waals surface area contributed by atoms with Crippen molar-refractivity contribution in [3.63, 3.8) is 0 Å². The summed E-state index contributed by atoms with van der Waals surface area (Å²) in [5.41, 5.74) is 2.95. The predicted octanol–water partition coefficient (Wildman–Crippen LogP) is 2.26. The van der Waals surface area contributed by atoms with E-state index in [2.05, 4.69) is 37.4 Å². The van der Waals surface area contributed by atoms with E-state index in [1.54, 1.807) is 0 Å². The zero-order valence-corrected chi connectivity index (χ0v) is 10.6. The van der Waals surface area contributed by atoms with Crippen LogP contribution in [0.5, 0.6) is 0 Å². The molecule has 0 saturated carbocycles. The van der Waals surface area contributed by atoms with E-state index in [9.17, 15) is 5.11 Å². The molecule has 0 amide bonds. The van der Waals surface area contributed by atoms with E-state index in [4.69, 9.17) is 4.74 Å². The minimum absolute atomic E-state index is 0.598. The highest BCUT2D eigenvalue weighted by Crippen LogP contribution is 2.23. The van der Waals surface area contributed by atoms with Gasteiger partial charge in [0, 0.05) is 38.3 Å². The third-order valence-corrected chi connectivity index (χ3v) is 3.42. The molecule has 1 aliphatic heterocycles. The molecule has 0 bridgehead atoms. The van der Waals surface area contributed by atoms with Crippen molar-refractivity contribution in [2.75, 3.05) is 25.1 Å². The molecule has 0 aliphatic carbocycles. The second kappa shape index (κ2) is 5.07. The van der Waals surface area contributed by atoms with Crippen LogP contribution >= 0.6 is 0 Å². The topological polar surface area (TPSA) is 41.5 Å². The Morgan fingerprint density at radius 1 is 1.29 bits per heavy atom. The van der Waals surface area contributed by atoms with Gasteiger partial charge in [0.05, 0.1) is 5.60 Å². The van der Waals surface area contributed by atoms with Gasteiger partial charge < -0.3 is 15.2 Å². The number of rotatable bonds is 3. The highest BCUT2D eigenvalue weighted by molar-refractivity contribution is 5.52. The van der Waals surface area contributed by atoms with E-state index < -0.39 is 5.60 Å². The molecule has 2 N–H and O–H groups in total. The van der Waals surface area contributed by atoms with Crippen LogP contribution in [0, 0.1) is 13.8 Å². The normalized spacial score (nSPS) is 19.0.